The number of hydrogen-bond donors (Lipinski definition) is 0. The van der Waals surface area contributed by atoms with Gasteiger partial charge in [-0.2, -0.15) is 0 Å². The van der Waals surface area contributed by atoms with E-state index >= 15 is 0 Å². The van der Waals surface area contributed by atoms with E-state index in [2.05, 4.69) is 0 Å². The number of Topliss-reactive ketones (excluding diaryl/α,β-unsaturated/α-hetero) is 1. The highest BCUT2D eigenvalue weighted by molar-refractivity contribution is 6.03. The van der Waals surface area contributed by atoms with Crippen molar-refractivity contribution in [1.82, 2.24) is 0 Å². The molecule has 1 spiro atoms. The maximum absolute atomic E-state index is 12.7. The predicted octanol–water partition coefficient (Wildman–Crippen LogP) is 2.52. The first-order valence-corrected chi connectivity index (χ1v) is 7.22. The molecule has 4 rings (SSSR count). The van der Waals surface area contributed by atoms with Crippen molar-refractivity contribution in [2.45, 2.75) is 31.0 Å². The zero-order valence-corrected chi connectivity index (χ0v) is 11.6. The first kappa shape index (κ1) is 12.4. The Labute approximate surface area is 118 Å². The summed E-state index contributed by atoms with van der Waals surface area (Å²) in [4.78, 5) is 12.7. The lowest BCUT2D eigenvalue weighted by Crippen LogP contribution is -2.39. The Morgan fingerprint density at radius 1 is 1.25 bits per heavy atom. The van der Waals surface area contributed by atoms with Crippen LogP contribution in [0.15, 0.2) is 18.2 Å². The molecule has 1 saturated heterocycles. The molecule has 3 aliphatic rings. The first-order chi connectivity index (χ1) is 9.72. The van der Waals surface area contributed by atoms with Gasteiger partial charge in [0.15, 0.2) is 11.6 Å². The molecule has 1 aromatic carbocycles. The smallest absolute Gasteiger partial charge is 0.169 e. The van der Waals surface area contributed by atoms with Gasteiger partial charge in [-0.3, -0.25) is 4.79 Å². The molecule has 1 aliphatic heterocycles. The first-order valence-electron chi connectivity index (χ1n) is 7.22. The largest absolute Gasteiger partial charge is 0.497 e. The summed E-state index contributed by atoms with van der Waals surface area (Å²) in [7, 11) is 1.63. The highest BCUT2D eigenvalue weighted by Gasteiger charge is 2.51. The maximum Gasteiger partial charge on any atom is 0.169 e. The lowest BCUT2D eigenvalue weighted by atomic mass is 9.76. The molecule has 0 bridgehead atoms. The van der Waals surface area contributed by atoms with Crippen molar-refractivity contribution < 1.29 is 19.0 Å². The number of ether oxygens (including phenoxy) is 3. The average Bonchev–Trinajstić information content (AvgIpc) is 3.04. The van der Waals surface area contributed by atoms with Gasteiger partial charge in [0.2, 0.25) is 0 Å². The fourth-order valence-electron chi connectivity index (χ4n) is 3.96. The maximum atomic E-state index is 12.7. The summed E-state index contributed by atoms with van der Waals surface area (Å²) in [6.07, 6.45) is 2.52. The summed E-state index contributed by atoms with van der Waals surface area (Å²) in [5, 5.41) is 0. The van der Waals surface area contributed by atoms with E-state index in [-0.39, 0.29) is 11.7 Å². The van der Waals surface area contributed by atoms with Crippen LogP contribution in [0.3, 0.4) is 0 Å². The lowest BCUT2D eigenvalue weighted by Gasteiger charge is -2.37. The van der Waals surface area contributed by atoms with E-state index in [1.807, 2.05) is 18.2 Å². The molecule has 2 fully saturated rings. The number of fused-ring (bicyclic) bond motifs is 3. The van der Waals surface area contributed by atoms with Gasteiger partial charge in [0.05, 0.1) is 20.3 Å². The van der Waals surface area contributed by atoms with Crippen LogP contribution in [-0.4, -0.2) is 31.9 Å². The molecule has 0 unspecified atom stereocenters. The number of hydrogen-bond acceptors (Lipinski definition) is 4. The van der Waals surface area contributed by atoms with Crippen molar-refractivity contribution in [3.8, 4) is 5.75 Å². The van der Waals surface area contributed by atoms with Gasteiger partial charge in [-0.25, -0.2) is 0 Å². The summed E-state index contributed by atoms with van der Waals surface area (Å²) in [5.74, 6) is 0.801. The fourth-order valence-corrected chi connectivity index (χ4v) is 3.96. The molecule has 1 saturated carbocycles. The van der Waals surface area contributed by atoms with Crippen molar-refractivity contribution in [2.24, 2.45) is 5.92 Å². The minimum atomic E-state index is -0.497. The fraction of sp³-hybridized carbons (Fsp3) is 0.562. The Morgan fingerprint density at radius 2 is 2.05 bits per heavy atom. The minimum Gasteiger partial charge on any atom is -0.497 e. The van der Waals surface area contributed by atoms with Crippen molar-refractivity contribution in [2.75, 3.05) is 20.3 Å². The molecule has 0 amide bonds. The molecule has 4 heteroatoms. The lowest BCUT2D eigenvalue weighted by molar-refractivity contribution is -0.185. The Morgan fingerprint density at radius 3 is 2.80 bits per heavy atom. The molecular weight excluding hydrogens is 256 g/mol. The molecule has 0 N–H and O–H groups in total. The van der Waals surface area contributed by atoms with Gasteiger partial charge in [0.25, 0.3) is 0 Å². The van der Waals surface area contributed by atoms with Gasteiger partial charge in [-0.15, -0.1) is 0 Å². The Kier molecular flexibility index (Phi) is 2.66. The molecule has 2 aliphatic carbocycles. The number of carbonyl (C=O) groups is 1. The van der Waals surface area contributed by atoms with Gasteiger partial charge >= 0.3 is 0 Å². The average molecular weight is 274 g/mol. The SMILES string of the molecule is COc1ccc2c(c1)C(=O)[C@@H]1CC3(CC[C@@H]21)OCCO3. The molecule has 0 radical (unpaired) electrons. The zero-order valence-electron chi connectivity index (χ0n) is 11.6. The van der Waals surface area contributed by atoms with Crippen LogP contribution in [-0.2, 0) is 9.47 Å². The molecule has 0 aromatic heterocycles. The standard InChI is InChI=1S/C16H18O4/c1-18-10-2-3-11-12-4-5-16(19-6-7-20-16)9-14(12)15(17)13(11)8-10/h2-3,8,12,14H,4-7,9H2,1H3/t12-,14+/m0/s1. The highest BCUT2D eigenvalue weighted by atomic mass is 16.7. The van der Waals surface area contributed by atoms with E-state index < -0.39 is 5.79 Å². The number of benzene rings is 1. The summed E-state index contributed by atoms with van der Waals surface area (Å²) in [6, 6.07) is 5.87. The van der Waals surface area contributed by atoms with Crippen molar-refractivity contribution in [3.63, 3.8) is 0 Å². The van der Waals surface area contributed by atoms with Crippen molar-refractivity contribution in [1.29, 1.82) is 0 Å². The minimum absolute atomic E-state index is 0.00366. The van der Waals surface area contributed by atoms with E-state index in [0.717, 1.165) is 24.2 Å². The van der Waals surface area contributed by atoms with Crippen molar-refractivity contribution in [3.05, 3.63) is 29.3 Å². The molecule has 1 aromatic rings. The van der Waals surface area contributed by atoms with E-state index in [1.165, 1.54) is 5.56 Å². The number of carbonyl (C=O) groups excluding carboxylic acids is 1. The topological polar surface area (TPSA) is 44.8 Å². The van der Waals surface area contributed by atoms with Gasteiger partial charge < -0.3 is 14.2 Å². The van der Waals surface area contributed by atoms with Crippen LogP contribution in [0.5, 0.6) is 5.75 Å². The monoisotopic (exact) mass is 274 g/mol. The number of ketones is 1. The van der Waals surface area contributed by atoms with Gasteiger partial charge in [0, 0.05) is 24.3 Å². The second-order valence-electron chi connectivity index (χ2n) is 5.88. The second kappa shape index (κ2) is 4.30. The van der Waals surface area contributed by atoms with Gasteiger partial charge in [0.1, 0.15) is 5.75 Å². The highest BCUT2D eigenvalue weighted by Crippen LogP contribution is 2.52. The van der Waals surface area contributed by atoms with Crippen LogP contribution in [0.4, 0.5) is 0 Å². The molecule has 4 nitrogen and oxygen atoms in total. The predicted molar refractivity (Wildman–Crippen MR) is 72.0 cm³/mol. The summed E-state index contributed by atoms with van der Waals surface area (Å²) >= 11 is 0. The molecule has 1 heterocycles. The third-order valence-corrected chi connectivity index (χ3v) is 4.93. The number of methoxy groups -OCH3 is 1. The Balaban J connectivity index is 1.68. The molecule has 2 atom stereocenters. The summed E-state index contributed by atoms with van der Waals surface area (Å²) in [5.41, 5.74) is 2.00. The van der Waals surface area contributed by atoms with E-state index in [9.17, 15) is 4.79 Å². The quantitative estimate of drug-likeness (QED) is 0.789. The summed E-state index contributed by atoms with van der Waals surface area (Å²) < 4.78 is 16.8. The van der Waals surface area contributed by atoms with Crippen LogP contribution in [0, 0.1) is 5.92 Å². The van der Waals surface area contributed by atoms with Crippen LogP contribution in [0.2, 0.25) is 0 Å². The van der Waals surface area contributed by atoms with Crippen LogP contribution in [0.25, 0.3) is 0 Å². The van der Waals surface area contributed by atoms with E-state index in [4.69, 9.17) is 14.2 Å². The van der Waals surface area contributed by atoms with Gasteiger partial charge in [-0.1, -0.05) is 6.07 Å². The van der Waals surface area contributed by atoms with E-state index in [0.29, 0.717) is 25.6 Å². The summed E-state index contributed by atoms with van der Waals surface area (Å²) in [6.45, 7) is 1.29. The normalized spacial score (nSPS) is 30.4. The second-order valence-corrected chi connectivity index (χ2v) is 5.88. The zero-order chi connectivity index (χ0) is 13.7. The third-order valence-electron chi connectivity index (χ3n) is 4.93. The molecule has 20 heavy (non-hydrogen) atoms. The van der Waals surface area contributed by atoms with E-state index in [1.54, 1.807) is 7.11 Å². The molecular formula is C16H18O4. The Hall–Kier alpha value is -1.39. The van der Waals surface area contributed by atoms with Crippen LogP contribution < -0.4 is 4.74 Å². The number of rotatable bonds is 1. The van der Waals surface area contributed by atoms with Crippen LogP contribution >= 0.6 is 0 Å². The molecule has 106 valence electrons. The van der Waals surface area contributed by atoms with Crippen LogP contribution in [0.1, 0.15) is 41.1 Å². The third kappa shape index (κ3) is 1.64. The van der Waals surface area contributed by atoms with Gasteiger partial charge in [-0.05, 0) is 30.0 Å². The van der Waals surface area contributed by atoms with Crippen molar-refractivity contribution >= 4 is 5.78 Å². The Bertz CT molecular complexity index is 560.